The number of hydrogen-bond donors (Lipinski definition) is 0. The molecule has 120 valence electrons. The minimum atomic E-state index is 0.0111. The van der Waals surface area contributed by atoms with E-state index in [0.29, 0.717) is 11.8 Å². The Morgan fingerprint density at radius 1 is 1.13 bits per heavy atom. The van der Waals surface area contributed by atoms with Crippen molar-refractivity contribution in [1.82, 2.24) is 9.80 Å². The van der Waals surface area contributed by atoms with Gasteiger partial charge >= 0.3 is 0 Å². The van der Waals surface area contributed by atoms with Crippen molar-refractivity contribution in [2.45, 2.75) is 24.3 Å². The molecule has 0 unspecified atom stereocenters. The number of furan rings is 1. The van der Waals surface area contributed by atoms with Gasteiger partial charge in [0.2, 0.25) is 0 Å². The average Bonchev–Trinajstić information content (AvgIpc) is 3.24. The predicted octanol–water partition coefficient (Wildman–Crippen LogP) is 2.77. The number of likely N-dealkylation sites (N-methyl/N-ethyl adjacent to an activating group) is 1. The second kappa shape index (κ2) is 5.53. The summed E-state index contributed by atoms with van der Waals surface area (Å²) in [6, 6.07) is 14.7. The number of rotatable bonds is 2. The molecule has 3 heterocycles. The van der Waals surface area contributed by atoms with Crippen molar-refractivity contribution < 1.29 is 9.21 Å². The molecule has 0 radical (unpaired) electrons. The van der Waals surface area contributed by atoms with Gasteiger partial charge in [-0.3, -0.25) is 4.79 Å². The summed E-state index contributed by atoms with van der Waals surface area (Å²) in [4.78, 5) is 17.0. The van der Waals surface area contributed by atoms with Crippen LogP contribution in [0.4, 0.5) is 0 Å². The fourth-order valence-corrected chi connectivity index (χ4v) is 4.35. The van der Waals surface area contributed by atoms with Crippen LogP contribution in [0, 0.1) is 0 Å². The van der Waals surface area contributed by atoms with Crippen LogP contribution in [-0.4, -0.2) is 48.4 Å². The van der Waals surface area contributed by atoms with Crippen LogP contribution in [0.3, 0.4) is 0 Å². The van der Waals surface area contributed by atoms with Crippen molar-refractivity contribution in [3.05, 3.63) is 60.1 Å². The Morgan fingerprint density at radius 2 is 1.91 bits per heavy atom. The summed E-state index contributed by atoms with van der Waals surface area (Å²) in [6.07, 6.45) is 3.74. The summed E-state index contributed by atoms with van der Waals surface area (Å²) in [6.45, 7) is 2.64. The highest BCUT2D eigenvalue weighted by Crippen LogP contribution is 2.45. The smallest absolute Gasteiger partial charge is 0.289 e. The van der Waals surface area contributed by atoms with Gasteiger partial charge in [-0.25, -0.2) is 0 Å². The lowest BCUT2D eigenvalue weighted by Gasteiger charge is -2.46. The Kier molecular flexibility index (Phi) is 3.49. The summed E-state index contributed by atoms with van der Waals surface area (Å²) in [7, 11) is 2.18. The summed E-state index contributed by atoms with van der Waals surface area (Å²) in [5.41, 5.74) is 1.59. The van der Waals surface area contributed by atoms with Gasteiger partial charge in [-0.1, -0.05) is 30.3 Å². The molecule has 0 saturated carbocycles. The lowest BCUT2D eigenvalue weighted by Crippen LogP contribution is -2.56. The number of benzene rings is 1. The van der Waals surface area contributed by atoms with Crippen LogP contribution in [0.15, 0.2) is 53.1 Å². The maximum atomic E-state index is 12.6. The molecule has 2 saturated heterocycles. The highest BCUT2D eigenvalue weighted by molar-refractivity contribution is 5.91. The van der Waals surface area contributed by atoms with Gasteiger partial charge in [0, 0.05) is 24.5 Å². The molecule has 1 aromatic carbocycles. The number of fused-ring (bicyclic) bond motifs is 1. The zero-order chi connectivity index (χ0) is 15.9. The quantitative estimate of drug-likeness (QED) is 0.856. The standard InChI is InChI=1S/C19H22N2O2/c1-20-11-9-19(15-6-3-2-4-7-15)10-12-21(14-17(19)20)18(22)16-8-5-13-23-16/h2-8,13,17H,9-12,14H2,1H3/t17-,19-/m1/s1. The third-order valence-electron chi connectivity index (χ3n) is 5.67. The molecule has 4 heteroatoms. The molecular formula is C19H22N2O2. The van der Waals surface area contributed by atoms with E-state index in [-0.39, 0.29) is 11.3 Å². The molecule has 23 heavy (non-hydrogen) atoms. The number of piperidine rings is 1. The number of amides is 1. The van der Waals surface area contributed by atoms with Crippen molar-refractivity contribution in [3.8, 4) is 0 Å². The maximum Gasteiger partial charge on any atom is 0.289 e. The average molecular weight is 310 g/mol. The van der Waals surface area contributed by atoms with Gasteiger partial charge in [0.15, 0.2) is 5.76 Å². The summed E-state index contributed by atoms with van der Waals surface area (Å²) < 4.78 is 5.29. The number of likely N-dealkylation sites (tertiary alicyclic amines) is 2. The topological polar surface area (TPSA) is 36.7 Å². The van der Waals surface area contributed by atoms with E-state index in [1.54, 1.807) is 18.4 Å². The molecule has 0 spiro atoms. The number of nitrogens with zero attached hydrogens (tertiary/aromatic N) is 2. The van der Waals surface area contributed by atoms with Crippen LogP contribution in [-0.2, 0) is 5.41 Å². The molecule has 0 bridgehead atoms. The number of carbonyl (C=O) groups is 1. The zero-order valence-electron chi connectivity index (χ0n) is 13.4. The molecule has 2 aliphatic heterocycles. The highest BCUT2D eigenvalue weighted by Gasteiger charge is 2.50. The molecule has 4 rings (SSSR count). The van der Waals surface area contributed by atoms with Gasteiger partial charge in [0.05, 0.1) is 6.26 Å². The van der Waals surface area contributed by atoms with Gasteiger partial charge < -0.3 is 14.2 Å². The summed E-state index contributed by atoms with van der Waals surface area (Å²) >= 11 is 0. The first-order valence-electron chi connectivity index (χ1n) is 8.29. The van der Waals surface area contributed by atoms with Gasteiger partial charge in [0.1, 0.15) is 0 Å². The molecule has 2 aromatic rings. The Bertz CT molecular complexity index is 683. The Labute approximate surface area is 136 Å². The Balaban J connectivity index is 1.62. The molecule has 1 aromatic heterocycles. The van der Waals surface area contributed by atoms with E-state index >= 15 is 0 Å². The molecule has 2 aliphatic rings. The lowest BCUT2D eigenvalue weighted by atomic mass is 9.69. The largest absolute Gasteiger partial charge is 0.459 e. The molecular weight excluding hydrogens is 288 g/mol. The van der Waals surface area contributed by atoms with Crippen molar-refractivity contribution in [1.29, 1.82) is 0 Å². The molecule has 2 atom stereocenters. The van der Waals surface area contributed by atoms with Gasteiger partial charge in [0.25, 0.3) is 5.91 Å². The second-order valence-electron chi connectivity index (χ2n) is 6.75. The third kappa shape index (κ3) is 2.29. The molecule has 1 amide bonds. The fraction of sp³-hybridized carbons (Fsp3) is 0.421. The predicted molar refractivity (Wildman–Crippen MR) is 88.4 cm³/mol. The molecule has 0 N–H and O–H groups in total. The van der Waals surface area contributed by atoms with Crippen LogP contribution >= 0.6 is 0 Å². The van der Waals surface area contributed by atoms with E-state index in [9.17, 15) is 4.79 Å². The molecule has 0 aliphatic carbocycles. The van der Waals surface area contributed by atoms with Crippen molar-refractivity contribution >= 4 is 5.91 Å². The van der Waals surface area contributed by atoms with Gasteiger partial charge in [-0.05, 0) is 44.1 Å². The minimum absolute atomic E-state index is 0.0111. The van der Waals surface area contributed by atoms with E-state index in [2.05, 4.69) is 42.3 Å². The van der Waals surface area contributed by atoms with Crippen molar-refractivity contribution in [2.75, 3.05) is 26.7 Å². The van der Waals surface area contributed by atoms with E-state index < -0.39 is 0 Å². The van der Waals surface area contributed by atoms with Crippen LogP contribution in [0.2, 0.25) is 0 Å². The normalized spacial score (nSPS) is 27.9. The lowest BCUT2D eigenvalue weighted by molar-refractivity contribution is 0.0524. The van der Waals surface area contributed by atoms with E-state index in [4.69, 9.17) is 4.42 Å². The van der Waals surface area contributed by atoms with Crippen LogP contribution in [0.25, 0.3) is 0 Å². The number of carbonyl (C=O) groups excluding carboxylic acids is 1. The van der Waals surface area contributed by atoms with E-state index in [0.717, 1.165) is 26.1 Å². The minimum Gasteiger partial charge on any atom is -0.459 e. The summed E-state index contributed by atoms with van der Waals surface area (Å²) in [5, 5.41) is 0. The Hall–Kier alpha value is -2.07. The first kappa shape index (κ1) is 14.5. The van der Waals surface area contributed by atoms with Gasteiger partial charge in [-0.15, -0.1) is 0 Å². The molecule has 2 fully saturated rings. The monoisotopic (exact) mass is 310 g/mol. The van der Waals surface area contributed by atoms with Crippen molar-refractivity contribution in [3.63, 3.8) is 0 Å². The summed E-state index contributed by atoms with van der Waals surface area (Å²) in [5.74, 6) is 0.454. The fourth-order valence-electron chi connectivity index (χ4n) is 4.35. The van der Waals surface area contributed by atoms with E-state index in [1.807, 2.05) is 4.90 Å². The van der Waals surface area contributed by atoms with Crippen LogP contribution in [0.1, 0.15) is 29.0 Å². The van der Waals surface area contributed by atoms with Gasteiger partial charge in [-0.2, -0.15) is 0 Å². The first-order valence-corrected chi connectivity index (χ1v) is 8.29. The SMILES string of the molecule is CN1CC[C@]2(c3ccccc3)CCN(C(=O)c3ccco3)C[C@@H]12. The third-order valence-corrected chi connectivity index (χ3v) is 5.67. The number of hydrogen-bond acceptors (Lipinski definition) is 3. The molecule has 4 nitrogen and oxygen atoms in total. The van der Waals surface area contributed by atoms with Crippen LogP contribution < -0.4 is 0 Å². The zero-order valence-corrected chi connectivity index (χ0v) is 13.4. The first-order chi connectivity index (χ1) is 11.2. The van der Waals surface area contributed by atoms with Crippen molar-refractivity contribution in [2.24, 2.45) is 0 Å². The van der Waals surface area contributed by atoms with Crippen LogP contribution in [0.5, 0.6) is 0 Å². The second-order valence-corrected chi connectivity index (χ2v) is 6.75. The van der Waals surface area contributed by atoms with E-state index in [1.165, 1.54) is 12.0 Å². The maximum absolute atomic E-state index is 12.6. The highest BCUT2D eigenvalue weighted by atomic mass is 16.3. The Morgan fingerprint density at radius 3 is 2.65 bits per heavy atom.